The first-order chi connectivity index (χ1) is 14.5. The number of aliphatic hydroxyl groups is 1. The predicted molar refractivity (Wildman–Crippen MR) is 119 cm³/mol. The Labute approximate surface area is 177 Å². The van der Waals surface area contributed by atoms with Gasteiger partial charge in [-0.15, -0.1) is 0 Å². The third kappa shape index (κ3) is 8.73. The van der Waals surface area contributed by atoms with Gasteiger partial charge in [-0.3, -0.25) is 9.59 Å². The molecule has 0 aliphatic rings. The summed E-state index contributed by atoms with van der Waals surface area (Å²) in [6.45, 7) is 0.448. The molecule has 0 aliphatic heterocycles. The average Bonchev–Trinajstić information content (AvgIpc) is 2.74. The SMILES string of the molecule is NC(=O)CCCC[C@H](NC[C@@H](N)Cc1ccccc1)C(=O)Nc1ccc(CO)cc1. The van der Waals surface area contributed by atoms with Crippen molar-refractivity contribution in [3.8, 4) is 0 Å². The lowest BCUT2D eigenvalue weighted by molar-refractivity contribution is -0.118. The Balaban J connectivity index is 1.91. The number of amides is 2. The van der Waals surface area contributed by atoms with E-state index in [-0.39, 0.29) is 24.5 Å². The van der Waals surface area contributed by atoms with E-state index in [1.165, 1.54) is 0 Å². The summed E-state index contributed by atoms with van der Waals surface area (Å²) in [5.41, 5.74) is 14.0. The monoisotopic (exact) mass is 412 g/mol. The fourth-order valence-electron chi connectivity index (χ4n) is 3.18. The van der Waals surface area contributed by atoms with Crippen molar-refractivity contribution in [3.63, 3.8) is 0 Å². The van der Waals surface area contributed by atoms with E-state index in [2.05, 4.69) is 10.6 Å². The van der Waals surface area contributed by atoms with Gasteiger partial charge in [0.15, 0.2) is 0 Å². The van der Waals surface area contributed by atoms with Gasteiger partial charge in [0, 0.05) is 24.7 Å². The molecule has 0 heterocycles. The molecule has 0 radical (unpaired) electrons. The van der Waals surface area contributed by atoms with Crippen LogP contribution in [0.2, 0.25) is 0 Å². The fourth-order valence-corrected chi connectivity index (χ4v) is 3.18. The molecule has 0 unspecified atom stereocenters. The van der Waals surface area contributed by atoms with Crippen LogP contribution in [0.25, 0.3) is 0 Å². The van der Waals surface area contributed by atoms with Gasteiger partial charge >= 0.3 is 0 Å². The van der Waals surface area contributed by atoms with E-state index in [1.807, 2.05) is 30.3 Å². The molecule has 162 valence electrons. The molecule has 0 bridgehead atoms. The molecule has 0 aliphatic carbocycles. The predicted octanol–water partition coefficient (Wildman–Crippen LogP) is 1.69. The number of primary amides is 1. The molecule has 0 spiro atoms. The smallest absolute Gasteiger partial charge is 0.241 e. The molecular weight excluding hydrogens is 380 g/mol. The molecule has 0 aromatic heterocycles. The number of rotatable bonds is 13. The number of hydrogen-bond acceptors (Lipinski definition) is 5. The van der Waals surface area contributed by atoms with E-state index in [4.69, 9.17) is 16.6 Å². The van der Waals surface area contributed by atoms with Gasteiger partial charge < -0.3 is 27.2 Å². The van der Waals surface area contributed by atoms with Crippen molar-refractivity contribution in [2.75, 3.05) is 11.9 Å². The molecule has 2 aromatic rings. The van der Waals surface area contributed by atoms with Crippen LogP contribution < -0.4 is 22.1 Å². The maximum absolute atomic E-state index is 12.8. The Kier molecular flexibility index (Phi) is 10.00. The van der Waals surface area contributed by atoms with Crippen LogP contribution in [0.15, 0.2) is 54.6 Å². The number of aliphatic hydroxyl groups excluding tert-OH is 1. The minimum Gasteiger partial charge on any atom is -0.392 e. The summed E-state index contributed by atoms with van der Waals surface area (Å²) in [6.07, 6.45) is 2.94. The Morgan fingerprint density at radius 2 is 1.67 bits per heavy atom. The van der Waals surface area contributed by atoms with E-state index in [1.54, 1.807) is 24.3 Å². The third-order valence-electron chi connectivity index (χ3n) is 4.85. The Hall–Kier alpha value is -2.74. The van der Waals surface area contributed by atoms with Crippen molar-refractivity contribution in [2.45, 2.75) is 50.8 Å². The second-order valence-corrected chi connectivity index (χ2v) is 7.47. The van der Waals surface area contributed by atoms with Gasteiger partial charge in [0.05, 0.1) is 12.6 Å². The normalized spacial score (nSPS) is 12.9. The molecule has 30 heavy (non-hydrogen) atoms. The average molecular weight is 413 g/mol. The Morgan fingerprint density at radius 1 is 0.967 bits per heavy atom. The summed E-state index contributed by atoms with van der Waals surface area (Å²) < 4.78 is 0. The van der Waals surface area contributed by atoms with Gasteiger partial charge in [-0.2, -0.15) is 0 Å². The standard InChI is InChI=1S/C23H32N4O3/c24-19(14-17-6-2-1-3-7-17)15-26-21(8-4-5-9-22(25)29)23(30)27-20-12-10-18(16-28)11-13-20/h1-3,6-7,10-13,19,21,26,28H,4-5,8-9,14-16,24H2,(H2,25,29)(H,27,30)/t19-,21-/m0/s1. The van der Waals surface area contributed by atoms with Crippen molar-refractivity contribution in [1.29, 1.82) is 0 Å². The van der Waals surface area contributed by atoms with Gasteiger partial charge in [-0.25, -0.2) is 0 Å². The quantitative estimate of drug-likeness (QED) is 0.320. The van der Waals surface area contributed by atoms with Crippen LogP contribution in [0.3, 0.4) is 0 Å². The van der Waals surface area contributed by atoms with Gasteiger partial charge in [0.25, 0.3) is 0 Å². The van der Waals surface area contributed by atoms with Crippen LogP contribution in [0.1, 0.15) is 36.8 Å². The molecule has 7 N–H and O–H groups in total. The van der Waals surface area contributed by atoms with Crippen molar-refractivity contribution in [3.05, 3.63) is 65.7 Å². The molecule has 7 heteroatoms. The van der Waals surface area contributed by atoms with Crippen molar-refractivity contribution >= 4 is 17.5 Å². The molecular formula is C23H32N4O3. The highest BCUT2D eigenvalue weighted by Gasteiger charge is 2.19. The van der Waals surface area contributed by atoms with E-state index in [0.29, 0.717) is 44.3 Å². The summed E-state index contributed by atoms with van der Waals surface area (Å²) in [7, 11) is 0. The molecule has 2 amide bonds. The molecule has 2 atom stereocenters. The van der Waals surface area contributed by atoms with Crippen molar-refractivity contribution in [2.24, 2.45) is 11.5 Å². The van der Waals surface area contributed by atoms with Crippen LogP contribution in [0.4, 0.5) is 5.69 Å². The largest absolute Gasteiger partial charge is 0.392 e. The van der Waals surface area contributed by atoms with Crippen LogP contribution >= 0.6 is 0 Å². The first-order valence-electron chi connectivity index (χ1n) is 10.3. The van der Waals surface area contributed by atoms with Crippen LogP contribution in [0.5, 0.6) is 0 Å². The lowest BCUT2D eigenvalue weighted by atomic mass is 10.0. The van der Waals surface area contributed by atoms with Gasteiger partial charge in [-0.05, 0) is 42.5 Å². The lowest BCUT2D eigenvalue weighted by Crippen LogP contribution is -2.46. The number of nitrogens with one attached hydrogen (secondary N) is 2. The molecule has 0 fully saturated rings. The highest BCUT2D eigenvalue weighted by molar-refractivity contribution is 5.94. The van der Waals surface area contributed by atoms with Crippen LogP contribution in [-0.4, -0.2) is 35.5 Å². The highest BCUT2D eigenvalue weighted by atomic mass is 16.3. The molecule has 7 nitrogen and oxygen atoms in total. The zero-order chi connectivity index (χ0) is 21.8. The number of nitrogens with two attached hydrogens (primary N) is 2. The second-order valence-electron chi connectivity index (χ2n) is 7.47. The van der Waals surface area contributed by atoms with Gasteiger partial charge in [0.1, 0.15) is 0 Å². The highest BCUT2D eigenvalue weighted by Crippen LogP contribution is 2.12. The Bertz CT molecular complexity index is 781. The number of anilines is 1. The second kappa shape index (κ2) is 12.7. The van der Waals surface area contributed by atoms with E-state index < -0.39 is 6.04 Å². The summed E-state index contributed by atoms with van der Waals surface area (Å²) in [5.74, 6) is -0.490. The van der Waals surface area contributed by atoms with Crippen molar-refractivity contribution in [1.82, 2.24) is 5.32 Å². The van der Waals surface area contributed by atoms with Crippen LogP contribution in [-0.2, 0) is 22.6 Å². The van der Waals surface area contributed by atoms with Crippen molar-refractivity contribution < 1.29 is 14.7 Å². The number of unbranched alkanes of at least 4 members (excludes halogenated alkanes) is 1. The summed E-state index contributed by atoms with van der Waals surface area (Å²) in [5, 5.41) is 15.3. The fraction of sp³-hybridized carbons (Fsp3) is 0.391. The van der Waals surface area contributed by atoms with Gasteiger partial charge in [-0.1, -0.05) is 48.9 Å². The van der Waals surface area contributed by atoms with Crippen LogP contribution in [0, 0.1) is 0 Å². The summed E-state index contributed by atoms with van der Waals surface area (Å²) in [4.78, 5) is 23.8. The minimum absolute atomic E-state index is 0.0441. The lowest BCUT2D eigenvalue weighted by Gasteiger charge is -2.21. The van der Waals surface area contributed by atoms with E-state index in [0.717, 1.165) is 11.1 Å². The van der Waals surface area contributed by atoms with Gasteiger partial charge in [0.2, 0.25) is 11.8 Å². The summed E-state index contributed by atoms with van der Waals surface area (Å²) >= 11 is 0. The topological polar surface area (TPSA) is 130 Å². The van der Waals surface area contributed by atoms with E-state index in [9.17, 15) is 9.59 Å². The zero-order valence-electron chi connectivity index (χ0n) is 17.2. The molecule has 2 aromatic carbocycles. The number of carbonyl (C=O) groups is 2. The summed E-state index contributed by atoms with van der Waals surface area (Å²) in [6, 6.07) is 16.5. The Morgan fingerprint density at radius 3 is 2.30 bits per heavy atom. The maximum atomic E-state index is 12.8. The minimum atomic E-state index is -0.433. The number of benzene rings is 2. The molecule has 0 saturated carbocycles. The number of hydrogen-bond donors (Lipinski definition) is 5. The third-order valence-corrected chi connectivity index (χ3v) is 4.85. The maximum Gasteiger partial charge on any atom is 0.241 e. The molecule has 0 saturated heterocycles. The number of carbonyl (C=O) groups excluding carboxylic acids is 2. The zero-order valence-corrected chi connectivity index (χ0v) is 17.2. The first kappa shape index (κ1) is 23.5. The first-order valence-corrected chi connectivity index (χ1v) is 10.3. The molecule has 2 rings (SSSR count). The van der Waals surface area contributed by atoms with E-state index >= 15 is 0 Å².